The third kappa shape index (κ3) is 11.6. The predicted molar refractivity (Wildman–Crippen MR) is 25.2 cm³/mol. The minimum absolute atomic E-state index is 0. The van der Waals surface area contributed by atoms with Crippen LogP contribution >= 0.6 is 15.6 Å². The zero-order valence-electron chi connectivity index (χ0n) is 4.26. The summed E-state index contributed by atoms with van der Waals surface area (Å²) in [5.74, 6) is 0. The van der Waals surface area contributed by atoms with Gasteiger partial charge >= 0.3 is 15.6 Å². The van der Waals surface area contributed by atoms with Crippen molar-refractivity contribution in [1.82, 2.24) is 0 Å². The van der Waals surface area contributed by atoms with Crippen molar-refractivity contribution in [3.63, 3.8) is 0 Å². The predicted octanol–water partition coefficient (Wildman–Crippen LogP) is -0.814. The first-order chi connectivity index (χ1) is 3.71. The Labute approximate surface area is 66.4 Å². The normalized spacial score (nSPS) is 12.4. The summed E-state index contributed by atoms with van der Waals surface area (Å²) >= 11 is 0. The topological polar surface area (TPSA) is 124 Å². The van der Waals surface area contributed by atoms with Crippen LogP contribution in [0.5, 0.6) is 0 Å². The second kappa shape index (κ2) is 3.97. The Balaban J connectivity index is 0. The molecule has 0 saturated heterocycles. The van der Waals surface area contributed by atoms with E-state index in [1.807, 2.05) is 0 Å². The van der Waals surface area contributed by atoms with Gasteiger partial charge in [-0.25, -0.2) is 9.13 Å². The summed E-state index contributed by atoms with van der Waals surface area (Å²) in [6.07, 6.45) is 0. The molecular weight excluding hydrogens is 230 g/mol. The first kappa shape index (κ1) is 13.4. The Hall–Kier alpha value is 0.779. The molecule has 0 spiro atoms. The zero-order valence-corrected chi connectivity index (χ0v) is 7.15. The maximum atomic E-state index is 9.63. The molecule has 0 radical (unpaired) electrons. The van der Waals surface area contributed by atoms with E-state index in [-0.39, 0.29) is 17.1 Å². The van der Waals surface area contributed by atoms with Gasteiger partial charge in [-0.2, -0.15) is 4.31 Å². The monoisotopic (exact) mass is 234 g/mol. The van der Waals surface area contributed by atoms with E-state index >= 15 is 0 Å². The average Bonchev–Trinajstić information content (AvgIpc) is 1.14. The van der Waals surface area contributed by atoms with Crippen molar-refractivity contribution >= 4 is 15.6 Å². The Bertz CT molecular complexity index is 152. The van der Waals surface area contributed by atoms with E-state index < -0.39 is 15.6 Å². The van der Waals surface area contributed by atoms with Gasteiger partial charge in [-0.3, -0.25) is 0 Å². The smallest absolute Gasteiger partial charge is 0.302 e. The Morgan fingerprint density at radius 3 is 1.10 bits per heavy atom. The fourth-order valence-corrected chi connectivity index (χ4v) is 1.25. The minimum atomic E-state index is -5.05. The maximum Gasteiger partial charge on any atom is 0.478 e. The van der Waals surface area contributed by atoms with Crippen molar-refractivity contribution in [2.75, 3.05) is 0 Å². The fourth-order valence-electron chi connectivity index (χ4n) is 0.139. The van der Waals surface area contributed by atoms with E-state index in [1.165, 1.54) is 0 Å². The third-order valence-corrected chi connectivity index (χ3v) is 1.91. The molecule has 0 aromatic rings. The van der Waals surface area contributed by atoms with E-state index in [2.05, 4.69) is 4.31 Å². The molecule has 0 aliphatic carbocycles. The third-order valence-electron chi connectivity index (χ3n) is 0.213. The molecular formula is H4FeO7P2. The van der Waals surface area contributed by atoms with Crippen LogP contribution in [0.2, 0.25) is 0 Å². The Kier molecular flexibility index (Phi) is 5.31. The van der Waals surface area contributed by atoms with Crippen molar-refractivity contribution in [2.24, 2.45) is 0 Å². The summed E-state index contributed by atoms with van der Waals surface area (Å²) in [5.41, 5.74) is 0. The van der Waals surface area contributed by atoms with Crippen molar-refractivity contribution in [2.45, 2.75) is 0 Å². The molecule has 0 heterocycles. The van der Waals surface area contributed by atoms with E-state index in [9.17, 15) is 9.13 Å². The number of hydrogen-bond acceptors (Lipinski definition) is 3. The van der Waals surface area contributed by atoms with Gasteiger partial charge in [0.15, 0.2) is 0 Å². The molecule has 0 bridgehead atoms. The van der Waals surface area contributed by atoms with Crippen LogP contribution in [0.1, 0.15) is 0 Å². The second-order valence-corrected chi connectivity index (χ2v) is 3.68. The quantitative estimate of drug-likeness (QED) is 0.363. The molecule has 0 saturated carbocycles. The number of phosphoric acid groups is 2. The van der Waals surface area contributed by atoms with Gasteiger partial charge in [0.25, 0.3) is 0 Å². The van der Waals surface area contributed by atoms with Gasteiger partial charge in [-0.1, -0.05) is 0 Å². The van der Waals surface area contributed by atoms with Gasteiger partial charge in [0.2, 0.25) is 0 Å². The summed E-state index contributed by atoms with van der Waals surface area (Å²) in [4.78, 5) is 31.0. The van der Waals surface area contributed by atoms with Crippen LogP contribution in [0.3, 0.4) is 0 Å². The molecule has 0 aromatic carbocycles. The molecule has 0 rings (SSSR count). The van der Waals surface area contributed by atoms with Gasteiger partial charge in [-0.05, 0) is 0 Å². The van der Waals surface area contributed by atoms with Crippen LogP contribution in [-0.2, 0) is 30.5 Å². The number of rotatable bonds is 2. The van der Waals surface area contributed by atoms with Crippen LogP contribution in [0.4, 0.5) is 0 Å². The van der Waals surface area contributed by atoms with E-state index in [0.717, 1.165) is 0 Å². The molecule has 0 aromatic heterocycles. The molecule has 0 fully saturated rings. The molecule has 0 amide bonds. The second-order valence-electron chi connectivity index (χ2n) is 1.06. The summed E-state index contributed by atoms with van der Waals surface area (Å²) in [6, 6.07) is 0. The molecule has 0 aliphatic heterocycles. The van der Waals surface area contributed by atoms with Gasteiger partial charge in [0.1, 0.15) is 0 Å². The van der Waals surface area contributed by atoms with Gasteiger partial charge in [0.05, 0.1) is 0 Å². The SMILES string of the molecule is O=P(O)(O)OP(=O)(O)O.[Fe]. The van der Waals surface area contributed by atoms with Crippen LogP contribution in [0, 0.1) is 0 Å². The zero-order chi connectivity index (χ0) is 7.71. The Morgan fingerprint density at radius 1 is 0.900 bits per heavy atom. The molecule has 10 heteroatoms. The summed E-state index contributed by atoms with van der Waals surface area (Å²) in [7, 11) is -10.1. The van der Waals surface area contributed by atoms with Crippen molar-refractivity contribution < 1.29 is 50.1 Å². The van der Waals surface area contributed by atoms with Crippen molar-refractivity contribution in [3.05, 3.63) is 0 Å². The summed E-state index contributed by atoms with van der Waals surface area (Å²) < 4.78 is 22.2. The average molecular weight is 234 g/mol. The van der Waals surface area contributed by atoms with Crippen LogP contribution in [0.15, 0.2) is 0 Å². The molecule has 64 valence electrons. The first-order valence-corrected chi connectivity index (χ1v) is 4.59. The van der Waals surface area contributed by atoms with E-state index in [4.69, 9.17) is 19.6 Å². The van der Waals surface area contributed by atoms with Crippen molar-refractivity contribution in [3.8, 4) is 0 Å². The van der Waals surface area contributed by atoms with E-state index in [1.54, 1.807) is 0 Å². The molecule has 4 N–H and O–H groups in total. The van der Waals surface area contributed by atoms with Gasteiger partial charge in [0, 0.05) is 17.1 Å². The van der Waals surface area contributed by atoms with Gasteiger partial charge < -0.3 is 19.6 Å². The molecule has 10 heavy (non-hydrogen) atoms. The van der Waals surface area contributed by atoms with Crippen LogP contribution in [-0.4, -0.2) is 19.6 Å². The standard InChI is InChI=1S/Fe.H4O7P2/c;1-8(2,3)7-9(4,5)6/h;(H2,1,2,3)(H2,4,5,6). The summed E-state index contributed by atoms with van der Waals surface area (Å²) in [5, 5.41) is 0. The van der Waals surface area contributed by atoms with E-state index in [0.29, 0.717) is 0 Å². The van der Waals surface area contributed by atoms with Crippen LogP contribution in [0.25, 0.3) is 0 Å². The molecule has 0 atom stereocenters. The molecule has 0 aliphatic rings. The fraction of sp³-hybridized carbons (Fsp3) is 0. The van der Waals surface area contributed by atoms with Crippen LogP contribution < -0.4 is 0 Å². The van der Waals surface area contributed by atoms with Crippen molar-refractivity contribution in [1.29, 1.82) is 0 Å². The largest absolute Gasteiger partial charge is 0.478 e. The number of hydrogen-bond donors (Lipinski definition) is 4. The molecule has 7 nitrogen and oxygen atoms in total. The Morgan fingerprint density at radius 2 is 1.10 bits per heavy atom. The minimum Gasteiger partial charge on any atom is -0.302 e. The molecule has 0 unspecified atom stereocenters. The first-order valence-electron chi connectivity index (χ1n) is 1.53. The maximum absolute atomic E-state index is 9.63. The van der Waals surface area contributed by atoms with Gasteiger partial charge in [-0.15, -0.1) is 0 Å². The summed E-state index contributed by atoms with van der Waals surface area (Å²) in [6.45, 7) is 0.